The van der Waals surface area contributed by atoms with Gasteiger partial charge in [0, 0.05) is 4.47 Å². The topological polar surface area (TPSA) is 79.5 Å². The SMILES string of the molecule is O=C(O)c1c(O)c(=O)n(Cc2cccc(Br)c2)c2ccsc12. The predicted octanol–water partition coefficient (Wildman–Crippen LogP) is 3.28. The fourth-order valence-electron chi connectivity index (χ4n) is 2.33. The van der Waals surface area contributed by atoms with Gasteiger partial charge in [-0.1, -0.05) is 28.1 Å². The van der Waals surface area contributed by atoms with Crippen LogP contribution in [0.3, 0.4) is 0 Å². The van der Waals surface area contributed by atoms with Crippen LogP contribution in [0.15, 0.2) is 45.0 Å². The molecule has 0 amide bonds. The van der Waals surface area contributed by atoms with Crippen LogP contribution in [-0.4, -0.2) is 20.7 Å². The molecular weight excluding hydrogens is 370 g/mol. The number of carbonyl (C=O) groups is 1. The van der Waals surface area contributed by atoms with Gasteiger partial charge in [-0.05, 0) is 29.1 Å². The van der Waals surface area contributed by atoms with Crippen LogP contribution in [0.4, 0.5) is 0 Å². The van der Waals surface area contributed by atoms with E-state index in [9.17, 15) is 19.8 Å². The van der Waals surface area contributed by atoms with Gasteiger partial charge in [-0.2, -0.15) is 0 Å². The van der Waals surface area contributed by atoms with Gasteiger partial charge in [-0.25, -0.2) is 4.79 Å². The molecule has 1 aromatic carbocycles. The van der Waals surface area contributed by atoms with Crippen molar-refractivity contribution in [2.24, 2.45) is 0 Å². The number of hydrogen-bond donors (Lipinski definition) is 2. The van der Waals surface area contributed by atoms with Crippen molar-refractivity contribution >= 4 is 43.5 Å². The molecular formula is C15H10BrNO4S. The van der Waals surface area contributed by atoms with Crippen molar-refractivity contribution in [3.05, 3.63) is 61.7 Å². The second-order valence-corrected chi connectivity index (χ2v) is 6.52. The summed E-state index contributed by atoms with van der Waals surface area (Å²) in [5, 5.41) is 20.9. The molecule has 0 radical (unpaired) electrons. The Morgan fingerprint density at radius 1 is 1.32 bits per heavy atom. The second-order valence-electron chi connectivity index (χ2n) is 4.68. The smallest absolute Gasteiger partial charge is 0.341 e. The van der Waals surface area contributed by atoms with E-state index in [4.69, 9.17) is 0 Å². The van der Waals surface area contributed by atoms with Gasteiger partial charge in [-0.3, -0.25) is 9.36 Å². The predicted molar refractivity (Wildman–Crippen MR) is 88.0 cm³/mol. The Hall–Kier alpha value is -2.12. The van der Waals surface area contributed by atoms with Crippen LogP contribution < -0.4 is 5.56 Å². The minimum atomic E-state index is -1.31. The zero-order valence-electron chi connectivity index (χ0n) is 11.1. The van der Waals surface area contributed by atoms with E-state index in [1.165, 1.54) is 15.9 Å². The first-order valence-electron chi connectivity index (χ1n) is 6.29. The van der Waals surface area contributed by atoms with E-state index in [2.05, 4.69) is 15.9 Å². The Morgan fingerprint density at radius 2 is 2.09 bits per heavy atom. The molecule has 0 fully saturated rings. The molecule has 0 saturated carbocycles. The standard InChI is InChI=1S/C15H10BrNO4S/c16-9-3-1-2-8(6-9)7-17-10-4-5-22-13(10)11(15(20)21)12(18)14(17)19/h1-6,18H,7H2,(H,20,21). The molecule has 0 aliphatic rings. The molecule has 0 atom stereocenters. The third kappa shape index (κ3) is 2.42. The van der Waals surface area contributed by atoms with Crippen LogP contribution >= 0.6 is 27.3 Å². The largest absolute Gasteiger partial charge is 0.502 e. The number of aromatic carboxylic acids is 1. The van der Waals surface area contributed by atoms with Gasteiger partial charge in [0.15, 0.2) is 5.75 Å². The van der Waals surface area contributed by atoms with E-state index in [0.717, 1.165) is 10.0 Å². The molecule has 3 rings (SSSR count). The first-order chi connectivity index (χ1) is 10.5. The highest BCUT2D eigenvalue weighted by atomic mass is 79.9. The number of pyridine rings is 1. The summed E-state index contributed by atoms with van der Waals surface area (Å²) in [6, 6.07) is 9.13. The van der Waals surface area contributed by atoms with E-state index in [-0.39, 0.29) is 12.1 Å². The number of halogens is 1. The number of carboxylic acid groups (broad SMARTS) is 1. The highest BCUT2D eigenvalue weighted by Crippen LogP contribution is 2.29. The molecule has 0 unspecified atom stereocenters. The monoisotopic (exact) mass is 379 g/mol. The first kappa shape index (κ1) is 14.8. The first-order valence-corrected chi connectivity index (χ1v) is 7.97. The van der Waals surface area contributed by atoms with Crippen molar-refractivity contribution in [1.82, 2.24) is 4.57 Å². The average molecular weight is 380 g/mol. The fourth-order valence-corrected chi connectivity index (χ4v) is 3.71. The number of benzene rings is 1. The van der Waals surface area contributed by atoms with Gasteiger partial charge in [0.1, 0.15) is 5.56 Å². The highest BCUT2D eigenvalue weighted by Gasteiger charge is 2.22. The highest BCUT2D eigenvalue weighted by molar-refractivity contribution is 9.10. The Bertz CT molecular complexity index is 944. The lowest BCUT2D eigenvalue weighted by Crippen LogP contribution is -2.22. The Balaban J connectivity index is 2.25. The maximum atomic E-state index is 12.3. The Kier molecular flexibility index (Phi) is 3.76. The van der Waals surface area contributed by atoms with Crippen molar-refractivity contribution < 1.29 is 15.0 Å². The maximum Gasteiger partial charge on any atom is 0.341 e. The van der Waals surface area contributed by atoms with E-state index in [1.54, 1.807) is 11.4 Å². The Labute approximate surface area is 137 Å². The summed E-state index contributed by atoms with van der Waals surface area (Å²) in [4.78, 5) is 23.6. The van der Waals surface area contributed by atoms with Crippen molar-refractivity contribution in [3.63, 3.8) is 0 Å². The van der Waals surface area contributed by atoms with E-state index in [0.29, 0.717) is 10.2 Å². The van der Waals surface area contributed by atoms with Crippen LogP contribution in [0.25, 0.3) is 10.2 Å². The van der Waals surface area contributed by atoms with Crippen LogP contribution in [0, 0.1) is 0 Å². The summed E-state index contributed by atoms with van der Waals surface area (Å²) >= 11 is 4.55. The molecule has 22 heavy (non-hydrogen) atoms. The fraction of sp³-hybridized carbons (Fsp3) is 0.0667. The number of thiophene rings is 1. The van der Waals surface area contributed by atoms with E-state index < -0.39 is 17.3 Å². The molecule has 0 bridgehead atoms. The Morgan fingerprint density at radius 3 is 2.77 bits per heavy atom. The molecule has 2 aromatic heterocycles. The molecule has 0 spiro atoms. The maximum absolute atomic E-state index is 12.3. The van der Waals surface area contributed by atoms with Crippen LogP contribution in [0.5, 0.6) is 5.75 Å². The zero-order valence-corrected chi connectivity index (χ0v) is 13.5. The molecule has 5 nitrogen and oxygen atoms in total. The molecule has 112 valence electrons. The molecule has 2 heterocycles. The van der Waals surface area contributed by atoms with Crippen LogP contribution in [-0.2, 0) is 6.54 Å². The average Bonchev–Trinajstić information content (AvgIpc) is 2.92. The van der Waals surface area contributed by atoms with Gasteiger partial charge in [-0.15, -0.1) is 11.3 Å². The number of aromatic nitrogens is 1. The lowest BCUT2D eigenvalue weighted by molar-refractivity contribution is 0.0695. The zero-order chi connectivity index (χ0) is 15.9. The number of aromatic hydroxyl groups is 1. The molecule has 2 N–H and O–H groups in total. The van der Waals surface area contributed by atoms with E-state index in [1.807, 2.05) is 24.3 Å². The summed E-state index contributed by atoms with van der Waals surface area (Å²) in [6.07, 6.45) is 0. The lowest BCUT2D eigenvalue weighted by Gasteiger charge is -2.11. The number of rotatable bonds is 3. The minimum Gasteiger partial charge on any atom is -0.502 e. The summed E-state index contributed by atoms with van der Waals surface area (Å²) in [5.41, 5.74) is 0.334. The van der Waals surface area contributed by atoms with Gasteiger partial charge in [0.2, 0.25) is 0 Å². The van der Waals surface area contributed by atoms with Gasteiger partial charge in [0.05, 0.1) is 16.8 Å². The number of hydrogen-bond acceptors (Lipinski definition) is 4. The number of fused-ring (bicyclic) bond motifs is 1. The van der Waals surface area contributed by atoms with Crippen LogP contribution in [0.2, 0.25) is 0 Å². The van der Waals surface area contributed by atoms with Crippen LogP contribution in [0.1, 0.15) is 15.9 Å². The second kappa shape index (κ2) is 5.58. The van der Waals surface area contributed by atoms with Crippen molar-refractivity contribution in [3.8, 4) is 5.75 Å². The summed E-state index contributed by atoms with van der Waals surface area (Å²) in [5.74, 6) is -2.03. The summed E-state index contributed by atoms with van der Waals surface area (Å²) in [6.45, 7) is 0.249. The minimum absolute atomic E-state index is 0.249. The molecule has 3 aromatic rings. The summed E-state index contributed by atoms with van der Waals surface area (Å²) in [7, 11) is 0. The normalized spacial score (nSPS) is 11.0. The summed E-state index contributed by atoms with van der Waals surface area (Å²) < 4.78 is 2.65. The third-order valence-corrected chi connectivity index (χ3v) is 4.70. The molecule has 7 heteroatoms. The van der Waals surface area contributed by atoms with Gasteiger partial charge in [0.25, 0.3) is 5.56 Å². The van der Waals surface area contributed by atoms with Crippen molar-refractivity contribution in [1.29, 1.82) is 0 Å². The molecule has 0 saturated heterocycles. The van der Waals surface area contributed by atoms with Gasteiger partial charge < -0.3 is 10.2 Å². The number of carboxylic acids is 1. The van der Waals surface area contributed by atoms with Gasteiger partial charge >= 0.3 is 5.97 Å². The van der Waals surface area contributed by atoms with E-state index >= 15 is 0 Å². The number of nitrogens with zero attached hydrogens (tertiary/aromatic N) is 1. The molecule has 0 aliphatic heterocycles. The quantitative estimate of drug-likeness (QED) is 0.731. The van der Waals surface area contributed by atoms with Crippen molar-refractivity contribution in [2.75, 3.05) is 0 Å². The molecule has 0 aliphatic carbocycles. The van der Waals surface area contributed by atoms with Crippen molar-refractivity contribution in [2.45, 2.75) is 6.54 Å². The third-order valence-electron chi connectivity index (χ3n) is 3.29. The lowest BCUT2D eigenvalue weighted by atomic mass is 10.2.